The molecule has 0 radical (unpaired) electrons. The smallest absolute Gasteiger partial charge is 0.0702 e. The van der Waals surface area contributed by atoms with Gasteiger partial charge in [-0.1, -0.05) is 206 Å². The van der Waals surface area contributed by atoms with E-state index < -0.39 is 0 Å². The Morgan fingerprint density at radius 3 is 1.03 bits per heavy atom. The Morgan fingerprint density at radius 2 is 0.544 bits per heavy atom. The highest BCUT2D eigenvalue weighted by Gasteiger charge is 2.20. The van der Waals surface area contributed by atoms with Gasteiger partial charge in [-0.05, 0) is 162 Å². The van der Waals surface area contributed by atoms with E-state index in [9.17, 15) is 0 Å². The number of hydrogen-bond acceptors (Lipinski definition) is 4. The van der Waals surface area contributed by atoms with Crippen LogP contribution in [-0.4, -0.2) is 15.0 Å². The molecule has 0 aliphatic carbocycles. The predicted octanol–water partition coefficient (Wildman–Crippen LogP) is 20.6. The summed E-state index contributed by atoms with van der Waals surface area (Å²) in [6.07, 6.45) is 5.57. The van der Waals surface area contributed by atoms with Gasteiger partial charge in [0.2, 0.25) is 0 Å². The summed E-state index contributed by atoms with van der Waals surface area (Å²) in [5, 5.41) is 2.55. The van der Waals surface area contributed by atoms with Crippen LogP contribution >= 0.6 is 11.3 Å². The molecular weight excluding hydrogens is 975 g/mol. The molecule has 370 valence electrons. The van der Waals surface area contributed by atoms with Crippen LogP contribution in [0, 0.1) is 0 Å². The highest BCUT2D eigenvalue weighted by molar-refractivity contribution is 7.25. The Bertz CT molecular complexity index is 4350. The molecule has 0 saturated heterocycles. The van der Waals surface area contributed by atoms with Gasteiger partial charge in [-0.2, -0.15) is 0 Å². The summed E-state index contributed by atoms with van der Waals surface area (Å²) >= 11 is 1.86. The second-order valence-electron chi connectivity index (χ2n) is 19.9. The van der Waals surface area contributed by atoms with E-state index in [4.69, 9.17) is 4.98 Å². The molecule has 0 saturated carbocycles. The Balaban J connectivity index is 0.941. The minimum absolute atomic E-state index is 0.937. The van der Waals surface area contributed by atoms with Gasteiger partial charge in [0.05, 0.1) is 17.1 Å². The molecule has 4 heteroatoms. The van der Waals surface area contributed by atoms with E-state index in [1.165, 1.54) is 31.3 Å². The summed E-state index contributed by atoms with van der Waals surface area (Å²) in [5.74, 6) is 0. The molecule has 3 nitrogen and oxygen atoms in total. The van der Waals surface area contributed by atoms with Crippen LogP contribution in [0.1, 0.15) is 0 Å². The SMILES string of the molecule is c1ccc(-c2ccc3c(c2)sc2cc(-c4cc(-c5ccccn5)ccc4-c4ccccc4-c4cc(-c5ccccc5-c5ccc(-c6ccccn6)cc5)cc(-c5ccccc5-c5ccc(-c6ccccn6)cc5)c4)ccc23)cc1. The lowest BCUT2D eigenvalue weighted by Crippen LogP contribution is -1.94. The highest BCUT2D eigenvalue weighted by Crippen LogP contribution is 2.46. The molecule has 4 aromatic heterocycles. The van der Waals surface area contributed by atoms with Crippen molar-refractivity contribution in [1.82, 2.24) is 15.0 Å². The Kier molecular flexibility index (Phi) is 12.4. The van der Waals surface area contributed by atoms with Crippen LogP contribution in [-0.2, 0) is 0 Å². The zero-order chi connectivity index (χ0) is 52.5. The fourth-order valence-corrected chi connectivity index (χ4v) is 12.4. The maximum absolute atomic E-state index is 4.83. The number of aromatic nitrogens is 3. The van der Waals surface area contributed by atoms with Gasteiger partial charge < -0.3 is 0 Å². The molecule has 4 heterocycles. The Hall–Kier alpha value is -10.1. The van der Waals surface area contributed by atoms with Crippen molar-refractivity contribution in [2.75, 3.05) is 0 Å². The van der Waals surface area contributed by atoms with Crippen molar-refractivity contribution in [1.29, 1.82) is 0 Å². The van der Waals surface area contributed by atoms with Crippen LogP contribution < -0.4 is 0 Å². The fraction of sp³-hybridized carbons (Fsp3) is 0. The highest BCUT2D eigenvalue weighted by atomic mass is 32.1. The van der Waals surface area contributed by atoms with Crippen molar-refractivity contribution in [2.45, 2.75) is 0 Å². The van der Waals surface area contributed by atoms with Crippen LogP contribution in [0.15, 0.2) is 298 Å². The third-order valence-corrected chi connectivity index (χ3v) is 16.2. The Morgan fingerprint density at radius 1 is 0.190 bits per heavy atom. The van der Waals surface area contributed by atoms with Crippen molar-refractivity contribution in [3.8, 4) is 123 Å². The lowest BCUT2D eigenvalue weighted by molar-refractivity contribution is 1.33. The topological polar surface area (TPSA) is 38.7 Å². The molecule has 14 rings (SSSR count). The van der Waals surface area contributed by atoms with Gasteiger partial charge in [0, 0.05) is 55.5 Å². The van der Waals surface area contributed by atoms with Gasteiger partial charge in [0.15, 0.2) is 0 Å². The second kappa shape index (κ2) is 20.8. The van der Waals surface area contributed by atoms with E-state index in [0.29, 0.717) is 0 Å². The van der Waals surface area contributed by atoms with Crippen molar-refractivity contribution >= 4 is 31.5 Å². The average molecular weight is 1020 g/mol. The van der Waals surface area contributed by atoms with Gasteiger partial charge in [-0.3, -0.25) is 15.0 Å². The number of rotatable bonds is 11. The van der Waals surface area contributed by atoms with E-state index >= 15 is 0 Å². The Labute approximate surface area is 464 Å². The number of fused-ring (bicyclic) bond motifs is 3. The van der Waals surface area contributed by atoms with Crippen molar-refractivity contribution in [3.05, 3.63) is 298 Å². The van der Waals surface area contributed by atoms with Gasteiger partial charge in [0.25, 0.3) is 0 Å². The first kappa shape index (κ1) is 47.3. The van der Waals surface area contributed by atoms with E-state index in [1.54, 1.807) is 0 Å². The molecule has 0 aliphatic rings. The molecule has 14 aromatic rings. The molecular formula is C75H49N3S. The summed E-state index contributed by atoms with van der Waals surface area (Å²) in [4.78, 5) is 14.1. The van der Waals surface area contributed by atoms with E-state index in [0.717, 1.165) is 112 Å². The summed E-state index contributed by atoms with van der Waals surface area (Å²) in [6.45, 7) is 0. The fourth-order valence-electron chi connectivity index (χ4n) is 11.2. The molecule has 0 aliphatic heterocycles. The number of nitrogens with zero attached hydrogens (tertiary/aromatic N) is 3. The summed E-state index contributed by atoms with van der Waals surface area (Å²) < 4.78 is 2.54. The van der Waals surface area contributed by atoms with Gasteiger partial charge in [-0.15, -0.1) is 11.3 Å². The standard InChI is InChI=1S/C75H49N3S/c1-2-16-50(17-3-1)55-35-39-68-69-40-36-56(49-75(69)79-74(68)48-55)70-47-57(73-26-12-15-43-78-73)37-38-67(70)66-23-9-8-22-65(66)60-45-58(63-20-6-4-18-61(63)51-27-31-53(32-28-51)71-24-10-13-41-76-71)44-59(46-60)64-21-7-5-19-62(64)52-29-33-54(34-30-52)72-25-11-14-42-77-72/h1-49H. The molecule has 0 bridgehead atoms. The van der Waals surface area contributed by atoms with Crippen LogP contribution in [0.4, 0.5) is 0 Å². The number of benzene rings is 10. The van der Waals surface area contributed by atoms with Crippen LogP contribution in [0.2, 0.25) is 0 Å². The first-order valence-electron chi connectivity index (χ1n) is 26.7. The number of thiophene rings is 1. The van der Waals surface area contributed by atoms with Crippen LogP contribution in [0.3, 0.4) is 0 Å². The third kappa shape index (κ3) is 9.31. The molecule has 0 N–H and O–H groups in total. The molecule has 0 amide bonds. The predicted molar refractivity (Wildman–Crippen MR) is 333 cm³/mol. The first-order chi connectivity index (χ1) is 39.1. The monoisotopic (exact) mass is 1020 g/mol. The maximum atomic E-state index is 4.83. The van der Waals surface area contributed by atoms with E-state index in [-0.39, 0.29) is 0 Å². The van der Waals surface area contributed by atoms with Crippen molar-refractivity contribution in [2.24, 2.45) is 0 Å². The van der Waals surface area contributed by atoms with Crippen molar-refractivity contribution in [3.63, 3.8) is 0 Å². The molecule has 0 fully saturated rings. The number of hydrogen-bond donors (Lipinski definition) is 0. The third-order valence-electron chi connectivity index (χ3n) is 15.1. The zero-order valence-corrected chi connectivity index (χ0v) is 43.9. The van der Waals surface area contributed by atoms with Gasteiger partial charge in [0.1, 0.15) is 0 Å². The number of pyridine rings is 3. The molecule has 0 spiro atoms. The maximum Gasteiger partial charge on any atom is 0.0702 e. The van der Waals surface area contributed by atoms with Crippen LogP contribution in [0.5, 0.6) is 0 Å². The molecule has 0 unspecified atom stereocenters. The summed E-state index contributed by atoms with van der Waals surface area (Å²) in [7, 11) is 0. The zero-order valence-electron chi connectivity index (χ0n) is 43.0. The lowest BCUT2D eigenvalue weighted by atomic mass is 9.84. The quantitative estimate of drug-likeness (QED) is 0.130. The summed E-state index contributed by atoms with van der Waals surface area (Å²) in [5.41, 5.74) is 24.6. The minimum Gasteiger partial charge on any atom is -0.256 e. The second-order valence-corrected chi connectivity index (χ2v) is 21.0. The first-order valence-corrected chi connectivity index (χ1v) is 27.5. The molecule has 10 aromatic carbocycles. The molecule has 0 atom stereocenters. The van der Waals surface area contributed by atoms with Crippen molar-refractivity contribution < 1.29 is 0 Å². The van der Waals surface area contributed by atoms with Gasteiger partial charge in [-0.25, -0.2) is 0 Å². The van der Waals surface area contributed by atoms with E-state index in [2.05, 4.69) is 259 Å². The summed E-state index contributed by atoms with van der Waals surface area (Å²) in [6, 6.07) is 101. The normalized spacial score (nSPS) is 11.3. The lowest BCUT2D eigenvalue weighted by Gasteiger charge is -2.19. The molecule has 79 heavy (non-hydrogen) atoms. The average Bonchev–Trinajstić information content (AvgIpc) is 4.12. The minimum atomic E-state index is 0.937. The van der Waals surface area contributed by atoms with E-state index in [1.807, 2.05) is 60.3 Å². The largest absolute Gasteiger partial charge is 0.256 e. The van der Waals surface area contributed by atoms with Crippen LogP contribution in [0.25, 0.3) is 143 Å². The van der Waals surface area contributed by atoms with Gasteiger partial charge >= 0.3 is 0 Å².